The smallest absolute Gasteiger partial charge is 0.320 e. The van der Waals surface area contributed by atoms with Crippen LogP contribution in [-0.2, 0) is 0 Å². The molecule has 10 nitrogen and oxygen atoms in total. The van der Waals surface area contributed by atoms with Gasteiger partial charge in [0.2, 0.25) is 0 Å². The number of primary amides is 1. The van der Waals surface area contributed by atoms with Crippen molar-refractivity contribution in [1.29, 1.82) is 0 Å². The number of nitrogens with two attached hydrogens (primary N) is 1. The highest BCUT2D eigenvalue weighted by molar-refractivity contribution is 5.96. The molecule has 1 aromatic heterocycles. The summed E-state index contributed by atoms with van der Waals surface area (Å²) in [6.07, 6.45) is 7.32. The average molecular weight is 616 g/mol. The van der Waals surface area contributed by atoms with Crippen molar-refractivity contribution in [3.63, 3.8) is 0 Å². The number of rotatable bonds is 6. The monoisotopic (exact) mass is 615 g/mol. The maximum absolute atomic E-state index is 14.1. The van der Waals surface area contributed by atoms with Gasteiger partial charge >= 0.3 is 12.1 Å². The highest BCUT2D eigenvalue weighted by atomic mass is 16.2. The summed E-state index contributed by atoms with van der Waals surface area (Å²) in [5.41, 5.74) is 9.26. The van der Waals surface area contributed by atoms with Crippen LogP contribution in [0.1, 0.15) is 78.7 Å². The van der Waals surface area contributed by atoms with Gasteiger partial charge in [0.15, 0.2) is 0 Å². The highest BCUT2D eigenvalue weighted by Crippen LogP contribution is 2.38. The molecular weight excluding hydrogens is 566 g/mol. The SMILES string of the molecule is Cc1ccnc(C)c1C(=O)N1CCC(C)(N2CCC(N3C(=O)N(CC4CCN(C(N)=O)CC4)C[C@H]3c3ccccc3)CC2)CC1. The van der Waals surface area contributed by atoms with E-state index in [0.717, 1.165) is 88.1 Å². The van der Waals surface area contributed by atoms with E-state index < -0.39 is 0 Å². The van der Waals surface area contributed by atoms with Crippen LogP contribution in [0.15, 0.2) is 42.6 Å². The zero-order valence-corrected chi connectivity index (χ0v) is 27.2. The van der Waals surface area contributed by atoms with E-state index >= 15 is 0 Å². The summed E-state index contributed by atoms with van der Waals surface area (Å²) in [7, 11) is 0. The zero-order chi connectivity index (χ0) is 31.7. The first-order chi connectivity index (χ1) is 21.6. The number of carbonyl (C=O) groups excluding carboxylic acids is 3. The minimum absolute atomic E-state index is 0.0421. The number of amides is 5. The molecule has 45 heavy (non-hydrogen) atoms. The Kier molecular flexibility index (Phi) is 9.04. The average Bonchev–Trinajstić information content (AvgIpc) is 3.37. The molecule has 0 radical (unpaired) electrons. The Labute approximate surface area is 267 Å². The molecule has 0 aliphatic carbocycles. The number of nitrogens with zero attached hydrogens (tertiary/aromatic N) is 6. The lowest BCUT2D eigenvalue weighted by Crippen LogP contribution is -2.58. The number of urea groups is 2. The molecule has 2 aromatic rings. The number of likely N-dealkylation sites (tertiary alicyclic amines) is 3. The number of pyridine rings is 1. The molecule has 1 aromatic carbocycles. The Hall–Kier alpha value is -3.66. The van der Waals surface area contributed by atoms with Gasteiger partial charge in [-0.3, -0.25) is 14.7 Å². The molecule has 242 valence electrons. The van der Waals surface area contributed by atoms with Gasteiger partial charge in [0.25, 0.3) is 5.91 Å². The fourth-order valence-corrected chi connectivity index (χ4v) is 8.19. The molecule has 5 amide bonds. The van der Waals surface area contributed by atoms with E-state index in [2.05, 4.69) is 50.9 Å². The summed E-state index contributed by atoms with van der Waals surface area (Å²) in [5, 5.41) is 0. The fraction of sp³-hybridized carbons (Fsp3) is 0.600. The fourth-order valence-electron chi connectivity index (χ4n) is 8.19. The Morgan fingerprint density at radius 3 is 2.20 bits per heavy atom. The van der Waals surface area contributed by atoms with Crippen LogP contribution in [0, 0.1) is 19.8 Å². The Balaban J connectivity index is 1.08. The van der Waals surface area contributed by atoms with Gasteiger partial charge in [-0.15, -0.1) is 0 Å². The predicted octanol–water partition coefficient (Wildman–Crippen LogP) is 4.43. The zero-order valence-electron chi connectivity index (χ0n) is 27.2. The van der Waals surface area contributed by atoms with Crippen LogP contribution < -0.4 is 5.73 Å². The molecule has 2 N–H and O–H groups in total. The van der Waals surface area contributed by atoms with Crippen LogP contribution in [0.4, 0.5) is 9.59 Å². The summed E-state index contributed by atoms with van der Waals surface area (Å²) in [5.74, 6) is 0.479. The van der Waals surface area contributed by atoms with Crippen LogP contribution >= 0.6 is 0 Å². The van der Waals surface area contributed by atoms with Crippen molar-refractivity contribution in [2.24, 2.45) is 11.7 Å². The second-order valence-corrected chi connectivity index (χ2v) is 13.9. The third kappa shape index (κ3) is 6.39. The standard InChI is InChI=1S/C35H49N7O3/c1-25-9-16-37-26(2)31(25)32(43)38-21-14-35(3,15-22-38)41-19-12-29(13-20-41)42-30(28-7-5-4-6-8-28)24-40(34(42)45)23-27-10-17-39(18-11-27)33(36)44/h4-9,16,27,29-30H,10-15,17-24H2,1-3H3,(H2,36,44)/t30-/m0/s1. The van der Waals surface area contributed by atoms with E-state index in [9.17, 15) is 14.4 Å². The first-order valence-electron chi connectivity index (χ1n) is 16.8. The van der Waals surface area contributed by atoms with Crippen molar-refractivity contribution in [1.82, 2.24) is 29.5 Å². The van der Waals surface area contributed by atoms with Crippen LogP contribution in [0.25, 0.3) is 0 Å². The molecule has 0 bridgehead atoms. The molecule has 5 heterocycles. The third-order valence-electron chi connectivity index (χ3n) is 11.1. The molecule has 4 aliphatic heterocycles. The van der Waals surface area contributed by atoms with Gasteiger partial charge in [0.05, 0.1) is 17.3 Å². The minimum Gasteiger partial charge on any atom is -0.351 e. The number of aromatic nitrogens is 1. The van der Waals surface area contributed by atoms with Gasteiger partial charge in [0.1, 0.15) is 0 Å². The highest BCUT2D eigenvalue weighted by Gasteiger charge is 2.45. The quantitative estimate of drug-likeness (QED) is 0.518. The van der Waals surface area contributed by atoms with E-state index in [1.165, 1.54) is 5.56 Å². The summed E-state index contributed by atoms with van der Waals surface area (Å²) in [6.45, 7) is 12.4. The van der Waals surface area contributed by atoms with Gasteiger partial charge < -0.3 is 25.3 Å². The second-order valence-electron chi connectivity index (χ2n) is 13.9. The van der Waals surface area contributed by atoms with Gasteiger partial charge in [-0.25, -0.2) is 9.59 Å². The van der Waals surface area contributed by atoms with Gasteiger partial charge in [-0.2, -0.15) is 0 Å². The van der Waals surface area contributed by atoms with Crippen molar-refractivity contribution in [3.8, 4) is 0 Å². The largest absolute Gasteiger partial charge is 0.351 e. The van der Waals surface area contributed by atoms with Crippen molar-refractivity contribution in [2.45, 2.75) is 76.9 Å². The molecule has 6 rings (SSSR count). The Morgan fingerprint density at radius 1 is 0.911 bits per heavy atom. The predicted molar refractivity (Wildman–Crippen MR) is 174 cm³/mol. The second kappa shape index (κ2) is 13.0. The number of hydrogen-bond acceptors (Lipinski definition) is 5. The number of hydrogen-bond donors (Lipinski definition) is 1. The minimum atomic E-state index is -0.352. The Bertz CT molecular complexity index is 1360. The molecule has 0 unspecified atom stereocenters. The van der Waals surface area contributed by atoms with Gasteiger partial charge in [0, 0.05) is 70.1 Å². The molecule has 1 atom stereocenters. The van der Waals surface area contributed by atoms with Crippen LogP contribution in [0.2, 0.25) is 0 Å². The van der Waals surface area contributed by atoms with Gasteiger partial charge in [-0.1, -0.05) is 30.3 Å². The number of carbonyl (C=O) groups is 3. The van der Waals surface area contributed by atoms with E-state index in [0.29, 0.717) is 25.6 Å². The number of benzene rings is 1. The maximum atomic E-state index is 14.1. The molecule has 4 aliphatic rings. The lowest BCUT2D eigenvalue weighted by molar-refractivity contribution is 0.00489. The first-order valence-corrected chi connectivity index (χ1v) is 16.8. The van der Waals surface area contributed by atoms with Crippen LogP contribution in [0.3, 0.4) is 0 Å². The lowest BCUT2D eigenvalue weighted by atomic mass is 9.85. The molecular formula is C35H49N7O3. The normalized spacial score (nSPS) is 23.5. The number of piperidine rings is 3. The van der Waals surface area contributed by atoms with Crippen molar-refractivity contribution < 1.29 is 14.4 Å². The Morgan fingerprint density at radius 2 is 1.58 bits per heavy atom. The summed E-state index contributed by atoms with van der Waals surface area (Å²) in [4.78, 5) is 54.0. The lowest BCUT2D eigenvalue weighted by Gasteiger charge is -2.50. The van der Waals surface area contributed by atoms with Crippen LogP contribution in [0.5, 0.6) is 0 Å². The molecule has 0 spiro atoms. The third-order valence-corrected chi connectivity index (χ3v) is 11.1. The molecule has 10 heteroatoms. The van der Waals surface area contributed by atoms with Gasteiger partial charge in [-0.05, 0) is 82.4 Å². The van der Waals surface area contributed by atoms with E-state index in [1.807, 2.05) is 30.9 Å². The van der Waals surface area contributed by atoms with Crippen molar-refractivity contribution in [3.05, 3.63) is 65.0 Å². The summed E-state index contributed by atoms with van der Waals surface area (Å²) < 4.78 is 0. The molecule has 4 saturated heterocycles. The van der Waals surface area contributed by atoms with Crippen molar-refractivity contribution in [2.75, 3.05) is 52.4 Å². The number of aryl methyl sites for hydroxylation is 2. The van der Waals surface area contributed by atoms with Crippen molar-refractivity contribution >= 4 is 18.0 Å². The van der Waals surface area contributed by atoms with E-state index in [1.54, 1.807) is 11.1 Å². The summed E-state index contributed by atoms with van der Waals surface area (Å²) in [6, 6.07) is 12.4. The van der Waals surface area contributed by atoms with E-state index in [-0.39, 0.29) is 35.6 Å². The summed E-state index contributed by atoms with van der Waals surface area (Å²) >= 11 is 0. The molecule has 4 fully saturated rings. The molecule has 0 saturated carbocycles. The van der Waals surface area contributed by atoms with E-state index in [4.69, 9.17) is 5.73 Å². The first kappa shape index (κ1) is 31.3. The topological polar surface area (TPSA) is 106 Å². The maximum Gasteiger partial charge on any atom is 0.320 e. The van der Waals surface area contributed by atoms with Crippen LogP contribution in [-0.4, -0.2) is 111 Å².